The number of alkyl halides is 5. The van der Waals surface area contributed by atoms with Crippen LogP contribution in [-0.4, -0.2) is 126 Å². The molecule has 5 unspecified atom stereocenters. The van der Waals surface area contributed by atoms with Crippen molar-refractivity contribution in [2.45, 2.75) is 169 Å². The van der Waals surface area contributed by atoms with Crippen LogP contribution in [0.2, 0.25) is 48.4 Å². The third-order valence-corrected chi connectivity index (χ3v) is 53.0. The van der Waals surface area contributed by atoms with Crippen LogP contribution in [0.3, 0.4) is 0 Å². The van der Waals surface area contributed by atoms with Gasteiger partial charge in [-0.3, -0.25) is 9.59 Å². The van der Waals surface area contributed by atoms with Crippen LogP contribution in [0, 0.1) is 41.4 Å². The van der Waals surface area contributed by atoms with E-state index in [0.29, 0.717) is 12.1 Å². The average Bonchev–Trinajstić information content (AvgIpc) is 3.19. The maximum absolute atomic E-state index is 15.7. The second-order valence-corrected chi connectivity index (χ2v) is 49.2. The lowest BCUT2D eigenvalue weighted by molar-refractivity contribution is -0.180. The number of ketones is 1. The van der Waals surface area contributed by atoms with Crippen molar-refractivity contribution in [3.63, 3.8) is 0 Å². The van der Waals surface area contributed by atoms with E-state index < -0.39 is 122 Å². The predicted molar refractivity (Wildman–Crippen MR) is 286 cm³/mol. The van der Waals surface area contributed by atoms with Gasteiger partial charge in [-0.1, -0.05) is 127 Å². The van der Waals surface area contributed by atoms with E-state index in [4.69, 9.17) is 49.4 Å². The molecule has 1 aromatic carbocycles. The summed E-state index contributed by atoms with van der Waals surface area (Å²) in [6.07, 6.45) is -9.94. The molecule has 4 aliphatic rings. The number of rotatable bonds is 25. The van der Waals surface area contributed by atoms with Crippen LogP contribution in [-0.2, 0) is 68.5 Å². The first-order valence-corrected chi connectivity index (χ1v) is 43.4. The zero-order valence-corrected chi connectivity index (χ0v) is 56.9. The van der Waals surface area contributed by atoms with E-state index in [0.717, 1.165) is 12.1 Å². The number of hydrogen-bond donors (Lipinski definition) is 1. The average molecular weight is 1250 g/mol. The number of nitrogens with one attached hydrogen (secondary N) is 1. The van der Waals surface area contributed by atoms with Crippen LogP contribution in [0.1, 0.15) is 114 Å². The van der Waals surface area contributed by atoms with Crippen molar-refractivity contribution in [1.29, 1.82) is 0 Å². The first-order valence-electron chi connectivity index (χ1n) is 25.9. The van der Waals surface area contributed by atoms with Crippen LogP contribution in [0.5, 0.6) is 0 Å². The Morgan fingerprint density at radius 3 is 1.29 bits per heavy atom. The van der Waals surface area contributed by atoms with Gasteiger partial charge in [0.2, 0.25) is 11.9 Å². The van der Waals surface area contributed by atoms with Crippen molar-refractivity contribution < 1.29 is 93.5 Å². The van der Waals surface area contributed by atoms with Gasteiger partial charge < -0.3 is 54.7 Å². The largest absolute Gasteiger partial charge is 0.479 e. The molecule has 75 heavy (non-hydrogen) atoms. The van der Waals surface area contributed by atoms with E-state index in [1.807, 2.05) is 88.4 Å². The van der Waals surface area contributed by atoms with Gasteiger partial charge >= 0.3 is 98.4 Å². The van der Waals surface area contributed by atoms with Crippen molar-refractivity contribution in [3.8, 4) is 0 Å². The minimum absolute atomic E-state index is 0.0381. The summed E-state index contributed by atoms with van der Waals surface area (Å²) >= 11 is 0. The number of Topliss-reactive ketones (excluding diaryl/α,β-unsaturated/α-hetero) is 1. The van der Waals surface area contributed by atoms with Gasteiger partial charge in [0.1, 0.15) is 10.5 Å². The molecule has 4 saturated heterocycles. The van der Waals surface area contributed by atoms with Gasteiger partial charge in [-0.05, 0) is 53.9 Å². The highest BCUT2D eigenvalue weighted by Gasteiger charge is 2.79. The van der Waals surface area contributed by atoms with Crippen LogP contribution in [0.15, 0.2) is 30.3 Å². The summed E-state index contributed by atoms with van der Waals surface area (Å²) in [4.78, 5) is 26.0. The lowest BCUT2D eigenvalue weighted by atomic mass is 10.1. The molecule has 0 radical (unpaired) electrons. The monoisotopic (exact) mass is 1250 g/mol. The number of hydrogen-bond acceptors (Lipinski definition) is 17. The summed E-state index contributed by atoms with van der Waals surface area (Å²) in [6.45, 7) is 27.5. The molecule has 5 atom stereocenters. The molecule has 1 N–H and O–H groups in total. The highest BCUT2D eigenvalue weighted by molar-refractivity contribution is 7.88. The molecule has 4 fully saturated rings. The second-order valence-electron chi connectivity index (χ2n) is 22.9. The highest BCUT2D eigenvalue weighted by atomic mass is 32.2. The predicted octanol–water partition coefficient (Wildman–Crippen LogP) is 8.16. The minimum atomic E-state index is -6.76. The first kappa shape index (κ1) is 65.2. The molecule has 0 aliphatic carbocycles. The third-order valence-electron chi connectivity index (χ3n) is 11.7. The van der Waals surface area contributed by atoms with Gasteiger partial charge in [0, 0.05) is 54.4 Å². The summed E-state index contributed by atoms with van der Waals surface area (Å²) in [5.41, 5.74) is -0.667. The minimum Gasteiger partial charge on any atom is -0.425 e. The number of carbonyl (C=O) groups excluding carboxylic acids is 2. The normalized spacial score (nSPS) is 32.3. The van der Waals surface area contributed by atoms with Crippen LogP contribution in [0.25, 0.3) is 0 Å². The fraction of sp³-hybridized carbons (Fsp3) is 0.810. The Hall–Kier alpha value is -0.608. The van der Waals surface area contributed by atoms with Gasteiger partial charge in [0.15, 0.2) is 0 Å². The van der Waals surface area contributed by atoms with Crippen LogP contribution >= 0.6 is 0 Å². The van der Waals surface area contributed by atoms with Gasteiger partial charge in [0.25, 0.3) is 0 Å². The van der Waals surface area contributed by atoms with Crippen molar-refractivity contribution >= 4 is 103 Å². The van der Waals surface area contributed by atoms with Gasteiger partial charge in [-0.2, -0.15) is 30.4 Å². The highest BCUT2D eigenvalue weighted by Crippen LogP contribution is 2.52. The lowest BCUT2D eigenvalue weighted by Crippen LogP contribution is -2.84. The molecular weight excluding hydrogens is 1170 g/mol. The van der Waals surface area contributed by atoms with Gasteiger partial charge in [-0.25, -0.2) is 4.18 Å². The Kier molecular flexibility index (Phi) is 21.6. The van der Waals surface area contributed by atoms with E-state index in [2.05, 4.69) is 18.0 Å². The summed E-state index contributed by atoms with van der Waals surface area (Å²) in [5.74, 6) is -5.05. The second kappa shape index (κ2) is 24.9. The van der Waals surface area contributed by atoms with Crippen molar-refractivity contribution in [2.24, 2.45) is 41.4 Å². The molecule has 0 spiro atoms. The zero-order valence-electron chi connectivity index (χ0n) is 45.9. The molecule has 4 heterocycles. The summed E-state index contributed by atoms with van der Waals surface area (Å²) < 4.78 is 194. The molecule has 5 rings (SSSR count). The molecule has 0 saturated carbocycles. The van der Waals surface area contributed by atoms with Crippen molar-refractivity contribution in [1.82, 2.24) is 5.32 Å². The molecule has 33 heteroatoms. The molecule has 432 valence electrons. The zero-order chi connectivity index (χ0) is 56.4. The van der Waals surface area contributed by atoms with Gasteiger partial charge in [-0.15, -0.1) is 0 Å². The Morgan fingerprint density at radius 1 is 0.587 bits per heavy atom. The SMILES string of the molecule is CC(C)C[SiH]1O[Si]2(CC(C)C)O[Si]3(CC(C)C)O[Si](CCCNC(=O)C(F)(F)S(=O)(=O)OC(C(=O)c4ccccc4)C(F)(F)F)(O[SiH3])O[Si]4(CC(C)C)O[Si](CC(C)C)(O1)O[Si](CC(C)C)(O2)O[Si](CC(C)C)(O3)O4. The van der Waals surface area contributed by atoms with E-state index >= 15 is 8.78 Å². The molecular formula is C42H80F5NO17SSi9. The first-order chi connectivity index (χ1) is 34.4. The smallest absolute Gasteiger partial charge is 0.425 e. The number of carbonyl (C=O) groups is 2. The number of benzene rings is 1. The standard InChI is InChI=1S/C42H80F5NO17SSi9/c1-30(2)23-68-55-70(24-31(3)4)59-72(26-33(7)8)57-69(54-67,22-18-21-48-40(50)42(46,47)66(51,52)53-39(41(43,44)45)38(49)37-19-16-15-17-20-37)58-73(27-34(9)10)60-71(56-68,25-32(5)6)62-74(61-70,28-35(11)12)65-75(63-72,64-73)29-36(13)14/h15-17,19-20,30-36,39,68H,18,21-29H2,1-14,67H3,(H,48,50). The third kappa shape index (κ3) is 16.5. The quantitative estimate of drug-likeness (QED) is 0.0323. The van der Waals surface area contributed by atoms with E-state index in [1.54, 1.807) is 0 Å². The maximum atomic E-state index is 15.7. The summed E-state index contributed by atoms with van der Waals surface area (Å²) in [7, 11) is -39.9. The lowest BCUT2D eigenvalue weighted by Gasteiger charge is -2.60. The fourth-order valence-corrected chi connectivity index (χ4v) is 59.8. The molecule has 6 bridgehead atoms. The maximum Gasteiger partial charge on any atom is 0.479 e. The number of amides is 1. The molecule has 18 nitrogen and oxygen atoms in total. The summed E-state index contributed by atoms with van der Waals surface area (Å²) in [6, 6.07) is 7.23. The number of fused-ring (bicyclic) bond motifs is 4. The van der Waals surface area contributed by atoms with Crippen molar-refractivity contribution in [2.75, 3.05) is 6.54 Å². The Labute approximate surface area is 452 Å². The summed E-state index contributed by atoms with van der Waals surface area (Å²) in [5, 5.41) is -3.77. The Balaban J connectivity index is 1.67. The molecule has 4 aliphatic heterocycles. The molecule has 0 aromatic heterocycles. The topological polar surface area (TPSA) is 200 Å². The number of halogens is 5. The van der Waals surface area contributed by atoms with Crippen molar-refractivity contribution in [3.05, 3.63) is 35.9 Å². The van der Waals surface area contributed by atoms with E-state index in [-0.39, 0.29) is 94.6 Å². The van der Waals surface area contributed by atoms with Crippen LogP contribution in [0.4, 0.5) is 22.0 Å². The molecule has 1 aromatic rings. The van der Waals surface area contributed by atoms with Crippen LogP contribution < -0.4 is 5.32 Å². The Morgan fingerprint density at radius 2 is 0.947 bits per heavy atom. The Bertz CT molecular complexity index is 2150. The van der Waals surface area contributed by atoms with E-state index in [1.165, 1.54) is 18.2 Å². The van der Waals surface area contributed by atoms with Gasteiger partial charge in [0.05, 0.1) is 0 Å². The molecule has 1 amide bonds. The van der Waals surface area contributed by atoms with E-state index in [9.17, 15) is 31.2 Å². The fourth-order valence-electron chi connectivity index (χ4n) is 9.41.